The summed E-state index contributed by atoms with van der Waals surface area (Å²) in [6, 6.07) is 10.4. The zero-order valence-corrected chi connectivity index (χ0v) is 16.5. The molecule has 0 radical (unpaired) electrons. The number of amides is 1. The molecule has 0 N–H and O–H groups in total. The molecule has 2 aromatic carbocycles. The SMILES string of the molecule is C[C@H](c1nc2ccccc2s1)N(C)C(=O)/C=C\c1cc2c(cc1[N+](=O)[O-])OCO2. The van der Waals surface area contributed by atoms with Crippen molar-refractivity contribution in [3.8, 4) is 11.5 Å². The number of likely N-dealkylation sites (N-methyl/N-ethyl adjacent to an activating group) is 1. The summed E-state index contributed by atoms with van der Waals surface area (Å²) in [4.78, 5) is 29.6. The number of nitro benzene ring substituents is 1. The smallest absolute Gasteiger partial charge is 0.280 e. The average Bonchev–Trinajstić information content (AvgIpc) is 3.36. The van der Waals surface area contributed by atoms with Crippen LogP contribution >= 0.6 is 11.3 Å². The molecule has 0 fully saturated rings. The van der Waals surface area contributed by atoms with E-state index in [1.54, 1.807) is 11.9 Å². The minimum Gasteiger partial charge on any atom is -0.454 e. The van der Waals surface area contributed by atoms with Gasteiger partial charge in [0.05, 0.1) is 32.8 Å². The summed E-state index contributed by atoms with van der Waals surface area (Å²) in [5.41, 5.74) is 1.01. The molecule has 8 nitrogen and oxygen atoms in total. The van der Waals surface area contributed by atoms with E-state index in [2.05, 4.69) is 4.98 Å². The molecule has 0 saturated heterocycles. The van der Waals surface area contributed by atoms with Gasteiger partial charge in [-0.1, -0.05) is 12.1 Å². The van der Waals surface area contributed by atoms with Crippen molar-refractivity contribution in [2.45, 2.75) is 13.0 Å². The molecule has 0 aliphatic carbocycles. The number of carbonyl (C=O) groups excluding carboxylic acids is 1. The Labute approximate surface area is 170 Å². The average molecular weight is 411 g/mol. The van der Waals surface area contributed by atoms with Gasteiger partial charge in [-0.05, 0) is 31.2 Å². The van der Waals surface area contributed by atoms with Gasteiger partial charge in [0.1, 0.15) is 5.01 Å². The van der Waals surface area contributed by atoms with Crippen molar-refractivity contribution in [1.29, 1.82) is 0 Å². The number of rotatable bonds is 5. The first-order chi connectivity index (χ1) is 13.9. The van der Waals surface area contributed by atoms with Gasteiger partial charge in [-0.25, -0.2) is 4.98 Å². The molecule has 3 aromatic rings. The highest BCUT2D eigenvalue weighted by atomic mass is 32.1. The second-order valence-electron chi connectivity index (χ2n) is 6.50. The van der Waals surface area contributed by atoms with E-state index in [9.17, 15) is 14.9 Å². The minimum absolute atomic E-state index is 0.0149. The number of thiazole rings is 1. The fourth-order valence-electron chi connectivity index (χ4n) is 2.94. The number of hydrogen-bond acceptors (Lipinski definition) is 7. The minimum atomic E-state index is -0.514. The number of benzene rings is 2. The van der Waals surface area contributed by atoms with E-state index in [0.29, 0.717) is 11.5 Å². The number of fused-ring (bicyclic) bond motifs is 2. The number of hydrogen-bond donors (Lipinski definition) is 0. The van der Waals surface area contributed by atoms with Crippen LogP contribution in [-0.4, -0.2) is 34.6 Å². The van der Waals surface area contributed by atoms with Crippen LogP contribution in [0.3, 0.4) is 0 Å². The van der Waals surface area contributed by atoms with E-state index in [-0.39, 0.29) is 30.0 Å². The molecule has 29 heavy (non-hydrogen) atoms. The lowest BCUT2D eigenvalue weighted by atomic mass is 10.1. The third-order valence-corrected chi connectivity index (χ3v) is 5.93. The predicted octanol–water partition coefficient (Wildman–Crippen LogP) is 4.17. The number of nitrogens with zero attached hydrogens (tertiary/aromatic N) is 3. The third-order valence-electron chi connectivity index (χ3n) is 4.72. The molecule has 1 aliphatic rings. The van der Waals surface area contributed by atoms with Gasteiger partial charge in [-0.2, -0.15) is 0 Å². The highest BCUT2D eigenvalue weighted by Crippen LogP contribution is 2.38. The first-order valence-electron chi connectivity index (χ1n) is 8.82. The van der Waals surface area contributed by atoms with Crippen molar-refractivity contribution in [1.82, 2.24) is 9.88 Å². The van der Waals surface area contributed by atoms with Crippen LogP contribution in [-0.2, 0) is 4.79 Å². The third kappa shape index (κ3) is 3.64. The van der Waals surface area contributed by atoms with Crippen LogP contribution in [0, 0.1) is 10.1 Å². The Hall–Kier alpha value is -3.46. The second kappa shape index (κ2) is 7.51. The molecule has 1 aliphatic heterocycles. The van der Waals surface area contributed by atoms with Crippen molar-refractivity contribution in [2.75, 3.05) is 13.8 Å². The van der Waals surface area contributed by atoms with Crippen molar-refractivity contribution in [2.24, 2.45) is 0 Å². The topological polar surface area (TPSA) is 94.8 Å². The Morgan fingerprint density at radius 1 is 1.31 bits per heavy atom. The number of ether oxygens (including phenoxy) is 2. The number of carbonyl (C=O) groups is 1. The van der Waals surface area contributed by atoms with Gasteiger partial charge in [-0.3, -0.25) is 14.9 Å². The van der Waals surface area contributed by atoms with Crippen LogP contribution in [0.5, 0.6) is 11.5 Å². The lowest BCUT2D eigenvalue weighted by molar-refractivity contribution is -0.385. The molecule has 9 heteroatoms. The first kappa shape index (κ1) is 18.9. The summed E-state index contributed by atoms with van der Waals surface area (Å²) >= 11 is 1.54. The summed E-state index contributed by atoms with van der Waals surface area (Å²) < 4.78 is 11.5. The van der Waals surface area contributed by atoms with E-state index >= 15 is 0 Å². The molecule has 0 spiro atoms. The van der Waals surface area contributed by atoms with Gasteiger partial charge in [-0.15, -0.1) is 11.3 Å². The van der Waals surface area contributed by atoms with Crippen LogP contribution in [0.15, 0.2) is 42.5 Å². The monoisotopic (exact) mass is 411 g/mol. The fourth-order valence-corrected chi connectivity index (χ4v) is 4.01. The van der Waals surface area contributed by atoms with Crippen LogP contribution < -0.4 is 9.47 Å². The molecule has 0 saturated carbocycles. The molecular weight excluding hydrogens is 394 g/mol. The maximum absolute atomic E-state index is 12.7. The Morgan fingerprint density at radius 2 is 2.03 bits per heavy atom. The Bertz CT molecular complexity index is 1110. The van der Waals surface area contributed by atoms with Crippen LogP contribution in [0.25, 0.3) is 16.3 Å². The molecule has 0 unspecified atom stereocenters. The summed E-state index contributed by atoms with van der Waals surface area (Å²) in [6.07, 6.45) is 2.73. The summed E-state index contributed by atoms with van der Waals surface area (Å²) in [6.45, 7) is 1.91. The molecular formula is C20H17N3O5S. The van der Waals surface area contributed by atoms with Gasteiger partial charge < -0.3 is 14.4 Å². The van der Waals surface area contributed by atoms with Crippen molar-refractivity contribution < 1.29 is 19.2 Å². The van der Waals surface area contributed by atoms with Gasteiger partial charge in [0.2, 0.25) is 12.7 Å². The van der Waals surface area contributed by atoms with Crippen LogP contribution in [0.1, 0.15) is 23.5 Å². The van der Waals surface area contributed by atoms with Crippen molar-refractivity contribution in [3.63, 3.8) is 0 Å². The summed E-state index contributed by atoms with van der Waals surface area (Å²) in [7, 11) is 1.68. The van der Waals surface area contributed by atoms with Crippen LogP contribution in [0.4, 0.5) is 5.69 Å². The molecule has 148 valence electrons. The van der Waals surface area contributed by atoms with E-state index in [1.807, 2.05) is 31.2 Å². The van der Waals surface area contributed by atoms with E-state index < -0.39 is 4.92 Å². The quantitative estimate of drug-likeness (QED) is 0.355. The standard InChI is InChI=1S/C20H17N3O5S/c1-12(20-21-14-5-3-4-6-18(14)29-20)22(2)19(24)8-7-13-9-16-17(28-11-27-16)10-15(13)23(25)26/h3-10,12H,11H2,1-2H3/b8-7-/t12-/m1/s1. The number of para-hydroxylation sites is 1. The molecule has 1 amide bonds. The zero-order chi connectivity index (χ0) is 20.5. The number of aromatic nitrogens is 1. The van der Waals surface area contributed by atoms with E-state index in [4.69, 9.17) is 9.47 Å². The molecule has 1 aromatic heterocycles. The molecule has 0 bridgehead atoms. The Balaban J connectivity index is 1.55. The van der Waals surface area contributed by atoms with E-state index in [0.717, 1.165) is 15.2 Å². The van der Waals surface area contributed by atoms with Crippen molar-refractivity contribution in [3.05, 3.63) is 63.2 Å². The second-order valence-corrected chi connectivity index (χ2v) is 7.56. The largest absolute Gasteiger partial charge is 0.454 e. The van der Waals surface area contributed by atoms with Gasteiger partial charge in [0, 0.05) is 13.1 Å². The lowest BCUT2D eigenvalue weighted by Gasteiger charge is -2.21. The normalized spacial score (nSPS) is 13.7. The maximum atomic E-state index is 12.7. The summed E-state index contributed by atoms with van der Waals surface area (Å²) in [5.74, 6) is 0.448. The number of nitro groups is 1. The molecule has 2 heterocycles. The zero-order valence-electron chi connectivity index (χ0n) is 15.7. The predicted molar refractivity (Wildman–Crippen MR) is 109 cm³/mol. The lowest BCUT2D eigenvalue weighted by Crippen LogP contribution is -2.27. The highest BCUT2D eigenvalue weighted by Gasteiger charge is 2.23. The van der Waals surface area contributed by atoms with Gasteiger partial charge in [0.25, 0.3) is 5.69 Å². The summed E-state index contributed by atoms with van der Waals surface area (Å²) in [5, 5.41) is 12.2. The van der Waals surface area contributed by atoms with Crippen LogP contribution in [0.2, 0.25) is 0 Å². The Kier molecular flexibility index (Phi) is 4.89. The first-order valence-corrected chi connectivity index (χ1v) is 9.64. The molecule has 1 atom stereocenters. The fraction of sp³-hybridized carbons (Fsp3) is 0.200. The maximum Gasteiger partial charge on any atom is 0.280 e. The van der Waals surface area contributed by atoms with Crippen molar-refractivity contribution >= 4 is 39.2 Å². The highest BCUT2D eigenvalue weighted by molar-refractivity contribution is 7.18. The Morgan fingerprint density at radius 3 is 2.76 bits per heavy atom. The van der Waals surface area contributed by atoms with Gasteiger partial charge in [0.15, 0.2) is 11.5 Å². The molecule has 4 rings (SSSR count). The van der Waals surface area contributed by atoms with E-state index in [1.165, 1.54) is 35.6 Å². The van der Waals surface area contributed by atoms with Gasteiger partial charge >= 0.3 is 0 Å².